The average molecular weight is 277 g/mol. The van der Waals surface area contributed by atoms with E-state index in [0.717, 1.165) is 16.0 Å². The topological polar surface area (TPSA) is 64.5 Å². The van der Waals surface area contributed by atoms with Crippen molar-refractivity contribution in [2.24, 2.45) is 0 Å². The SMILES string of the molecule is N#Cc1ccc(NCc2ncc[nH]2)cc1Br. The quantitative estimate of drug-likeness (QED) is 0.906. The number of hydrogen-bond donors (Lipinski definition) is 2. The van der Waals surface area contributed by atoms with Crippen molar-refractivity contribution in [1.29, 1.82) is 5.26 Å². The smallest absolute Gasteiger partial charge is 0.125 e. The molecule has 2 rings (SSSR count). The Kier molecular flexibility index (Phi) is 3.22. The summed E-state index contributed by atoms with van der Waals surface area (Å²) in [6.45, 7) is 0.630. The molecule has 2 N–H and O–H groups in total. The molecule has 16 heavy (non-hydrogen) atoms. The van der Waals surface area contributed by atoms with Crippen LogP contribution in [-0.4, -0.2) is 9.97 Å². The molecule has 0 aliphatic heterocycles. The second-order valence-corrected chi connectivity index (χ2v) is 4.05. The average Bonchev–Trinajstić information content (AvgIpc) is 2.79. The number of halogens is 1. The molecule has 0 amide bonds. The lowest BCUT2D eigenvalue weighted by Crippen LogP contribution is -2.01. The van der Waals surface area contributed by atoms with Crippen molar-refractivity contribution < 1.29 is 0 Å². The number of aromatic nitrogens is 2. The minimum absolute atomic E-state index is 0.628. The summed E-state index contributed by atoms with van der Waals surface area (Å²) in [7, 11) is 0. The first-order valence-electron chi connectivity index (χ1n) is 4.71. The summed E-state index contributed by atoms with van der Waals surface area (Å²) in [4.78, 5) is 7.11. The number of nitriles is 1. The Morgan fingerprint density at radius 3 is 3.00 bits per heavy atom. The van der Waals surface area contributed by atoms with Crippen LogP contribution in [-0.2, 0) is 6.54 Å². The minimum Gasteiger partial charge on any atom is -0.378 e. The molecule has 5 heteroatoms. The minimum atomic E-state index is 0.628. The fourth-order valence-electron chi connectivity index (χ4n) is 1.30. The predicted molar refractivity (Wildman–Crippen MR) is 64.8 cm³/mol. The maximum absolute atomic E-state index is 8.77. The van der Waals surface area contributed by atoms with Gasteiger partial charge in [0.15, 0.2) is 0 Å². The Bertz CT molecular complexity index is 513. The van der Waals surface area contributed by atoms with Gasteiger partial charge in [0.25, 0.3) is 0 Å². The monoisotopic (exact) mass is 276 g/mol. The van der Waals surface area contributed by atoms with Gasteiger partial charge in [0.2, 0.25) is 0 Å². The Hall–Kier alpha value is -1.80. The van der Waals surface area contributed by atoms with Crippen LogP contribution < -0.4 is 5.32 Å². The molecule has 0 radical (unpaired) electrons. The number of aromatic amines is 1. The number of imidazole rings is 1. The highest BCUT2D eigenvalue weighted by molar-refractivity contribution is 9.10. The summed E-state index contributed by atoms with van der Waals surface area (Å²) in [5.41, 5.74) is 1.57. The Morgan fingerprint density at radius 1 is 1.50 bits per heavy atom. The van der Waals surface area contributed by atoms with Gasteiger partial charge in [-0.3, -0.25) is 0 Å². The van der Waals surface area contributed by atoms with Crippen molar-refractivity contribution in [3.05, 3.63) is 46.5 Å². The molecule has 0 bridgehead atoms. The molecule has 1 aromatic heterocycles. The van der Waals surface area contributed by atoms with Crippen molar-refractivity contribution in [2.45, 2.75) is 6.54 Å². The van der Waals surface area contributed by atoms with E-state index in [4.69, 9.17) is 5.26 Å². The Labute approximate surface area is 101 Å². The van der Waals surface area contributed by atoms with Crippen molar-refractivity contribution >= 4 is 21.6 Å². The molecule has 80 valence electrons. The maximum Gasteiger partial charge on any atom is 0.125 e. The zero-order chi connectivity index (χ0) is 11.4. The van der Waals surface area contributed by atoms with E-state index >= 15 is 0 Å². The third-order valence-electron chi connectivity index (χ3n) is 2.10. The number of H-pyrrole nitrogens is 1. The Balaban J connectivity index is 2.06. The van der Waals surface area contributed by atoms with Gasteiger partial charge in [0.05, 0.1) is 12.1 Å². The van der Waals surface area contributed by atoms with E-state index in [1.54, 1.807) is 18.5 Å². The third-order valence-corrected chi connectivity index (χ3v) is 2.76. The number of anilines is 1. The van der Waals surface area contributed by atoms with Crippen molar-refractivity contribution in [2.75, 3.05) is 5.32 Å². The van der Waals surface area contributed by atoms with Crippen LogP contribution >= 0.6 is 15.9 Å². The van der Waals surface area contributed by atoms with Gasteiger partial charge in [0, 0.05) is 22.6 Å². The number of benzene rings is 1. The van der Waals surface area contributed by atoms with Gasteiger partial charge < -0.3 is 10.3 Å². The molecule has 4 nitrogen and oxygen atoms in total. The predicted octanol–water partition coefficient (Wildman–Crippen LogP) is 2.66. The number of nitrogens with zero attached hydrogens (tertiary/aromatic N) is 2. The van der Waals surface area contributed by atoms with Crippen LogP contribution in [0.2, 0.25) is 0 Å². The first-order valence-corrected chi connectivity index (χ1v) is 5.50. The summed E-state index contributed by atoms with van der Waals surface area (Å²) >= 11 is 3.34. The maximum atomic E-state index is 8.77. The molecule has 0 aliphatic rings. The van der Waals surface area contributed by atoms with Crippen molar-refractivity contribution in [3.8, 4) is 6.07 Å². The lowest BCUT2D eigenvalue weighted by molar-refractivity contribution is 1.000. The van der Waals surface area contributed by atoms with Gasteiger partial charge in [-0.1, -0.05) is 0 Å². The van der Waals surface area contributed by atoms with Crippen LogP contribution in [0.3, 0.4) is 0 Å². The summed E-state index contributed by atoms with van der Waals surface area (Å²) in [6, 6.07) is 7.62. The zero-order valence-corrected chi connectivity index (χ0v) is 9.95. The van der Waals surface area contributed by atoms with Gasteiger partial charge >= 0.3 is 0 Å². The second-order valence-electron chi connectivity index (χ2n) is 3.20. The molecular formula is C11H9BrN4. The van der Waals surface area contributed by atoms with Gasteiger partial charge in [-0.2, -0.15) is 5.26 Å². The van der Waals surface area contributed by atoms with Crippen molar-refractivity contribution in [1.82, 2.24) is 9.97 Å². The molecule has 1 heterocycles. The molecule has 0 unspecified atom stereocenters. The van der Waals surface area contributed by atoms with E-state index in [9.17, 15) is 0 Å². The molecule has 1 aromatic carbocycles. The first kappa shape index (κ1) is 10.7. The molecule has 2 aromatic rings. The molecule has 0 aliphatic carbocycles. The van der Waals surface area contributed by atoms with Gasteiger partial charge in [-0.25, -0.2) is 4.98 Å². The van der Waals surface area contributed by atoms with E-state index < -0.39 is 0 Å². The highest BCUT2D eigenvalue weighted by atomic mass is 79.9. The van der Waals surface area contributed by atoms with Crippen LogP contribution in [0.4, 0.5) is 5.69 Å². The lowest BCUT2D eigenvalue weighted by atomic mass is 10.2. The fraction of sp³-hybridized carbons (Fsp3) is 0.0909. The standard InChI is InChI=1S/C11H9BrN4/c12-10-5-9(2-1-8(10)6-13)16-7-11-14-3-4-15-11/h1-5,16H,7H2,(H,14,15). The van der Waals surface area contributed by atoms with Gasteiger partial charge in [-0.15, -0.1) is 0 Å². The second kappa shape index (κ2) is 4.81. The Morgan fingerprint density at radius 2 is 2.38 bits per heavy atom. The van der Waals surface area contributed by atoms with Crippen LogP contribution in [0.25, 0.3) is 0 Å². The summed E-state index contributed by atoms with van der Waals surface area (Å²) in [5.74, 6) is 0.875. The van der Waals surface area contributed by atoms with Crippen LogP contribution in [0.5, 0.6) is 0 Å². The third kappa shape index (κ3) is 2.41. The molecule has 0 atom stereocenters. The molecule has 0 saturated carbocycles. The normalized spacial score (nSPS) is 9.75. The number of rotatable bonds is 3. The highest BCUT2D eigenvalue weighted by Gasteiger charge is 2.00. The number of hydrogen-bond acceptors (Lipinski definition) is 3. The van der Waals surface area contributed by atoms with Crippen molar-refractivity contribution in [3.63, 3.8) is 0 Å². The highest BCUT2D eigenvalue weighted by Crippen LogP contribution is 2.20. The van der Waals surface area contributed by atoms with Crippen LogP contribution in [0.1, 0.15) is 11.4 Å². The summed E-state index contributed by atoms with van der Waals surface area (Å²) < 4.78 is 0.791. The summed E-state index contributed by atoms with van der Waals surface area (Å²) in [5, 5.41) is 12.0. The van der Waals surface area contributed by atoms with Gasteiger partial charge in [-0.05, 0) is 34.1 Å². The zero-order valence-electron chi connectivity index (χ0n) is 8.37. The molecular weight excluding hydrogens is 268 g/mol. The first-order chi connectivity index (χ1) is 7.79. The molecule has 0 fully saturated rings. The number of nitrogens with one attached hydrogen (secondary N) is 2. The van der Waals surface area contributed by atoms with E-state index in [-0.39, 0.29) is 0 Å². The largest absolute Gasteiger partial charge is 0.378 e. The van der Waals surface area contributed by atoms with E-state index in [1.807, 2.05) is 12.1 Å². The molecule has 0 spiro atoms. The van der Waals surface area contributed by atoms with Crippen LogP contribution in [0, 0.1) is 11.3 Å². The van der Waals surface area contributed by atoms with E-state index in [0.29, 0.717) is 12.1 Å². The fourth-order valence-corrected chi connectivity index (χ4v) is 1.76. The van der Waals surface area contributed by atoms with E-state index in [1.165, 1.54) is 0 Å². The lowest BCUT2D eigenvalue weighted by Gasteiger charge is -2.05. The molecule has 0 saturated heterocycles. The van der Waals surface area contributed by atoms with Gasteiger partial charge in [0.1, 0.15) is 11.9 Å². The van der Waals surface area contributed by atoms with E-state index in [2.05, 4.69) is 37.3 Å². The van der Waals surface area contributed by atoms with Crippen LogP contribution in [0.15, 0.2) is 35.1 Å². The summed E-state index contributed by atoms with van der Waals surface area (Å²) in [6.07, 6.45) is 3.50.